The van der Waals surface area contributed by atoms with E-state index in [1.54, 1.807) is 34.1 Å². The van der Waals surface area contributed by atoms with Gasteiger partial charge in [0.05, 0.1) is 19.0 Å². The van der Waals surface area contributed by atoms with Crippen molar-refractivity contribution in [3.8, 4) is 5.88 Å². The van der Waals surface area contributed by atoms with Crippen molar-refractivity contribution in [1.82, 2.24) is 4.98 Å². The molecule has 2 aliphatic rings. The quantitative estimate of drug-likeness (QED) is 0.539. The number of piperidine rings is 1. The lowest BCUT2D eigenvalue weighted by Gasteiger charge is -2.31. The van der Waals surface area contributed by atoms with Crippen LogP contribution in [0.4, 0.5) is 17.1 Å². The second-order valence-corrected chi connectivity index (χ2v) is 8.03. The SMILES string of the molecule is COc1ccc(NC2=C(C(=N)C(N)=O)CCN(c3ccc(N4CCCCC4=O)cc3)C2=O)cn1. The van der Waals surface area contributed by atoms with Crippen molar-refractivity contribution in [2.45, 2.75) is 25.7 Å². The first-order valence-electron chi connectivity index (χ1n) is 11.0. The highest BCUT2D eigenvalue weighted by molar-refractivity contribution is 6.44. The maximum atomic E-state index is 13.5. The number of rotatable bonds is 7. The number of methoxy groups -OCH3 is 1. The highest BCUT2D eigenvalue weighted by atomic mass is 16.5. The van der Waals surface area contributed by atoms with E-state index in [1.807, 2.05) is 12.1 Å². The van der Waals surface area contributed by atoms with Gasteiger partial charge in [-0.2, -0.15) is 0 Å². The van der Waals surface area contributed by atoms with Crippen molar-refractivity contribution >= 4 is 40.5 Å². The van der Waals surface area contributed by atoms with Gasteiger partial charge in [0, 0.05) is 42.5 Å². The molecule has 176 valence electrons. The van der Waals surface area contributed by atoms with E-state index < -0.39 is 17.5 Å². The van der Waals surface area contributed by atoms with Gasteiger partial charge < -0.3 is 25.6 Å². The van der Waals surface area contributed by atoms with Crippen LogP contribution in [0.15, 0.2) is 53.9 Å². The third kappa shape index (κ3) is 4.61. The molecule has 1 aromatic carbocycles. The summed E-state index contributed by atoms with van der Waals surface area (Å²) in [5.41, 5.74) is 7.22. The summed E-state index contributed by atoms with van der Waals surface area (Å²) in [5.74, 6) is -0.789. The number of primary amides is 1. The zero-order valence-electron chi connectivity index (χ0n) is 18.8. The lowest BCUT2D eigenvalue weighted by molar-refractivity contribution is -0.119. The van der Waals surface area contributed by atoms with E-state index in [2.05, 4.69) is 10.3 Å². The Morgan fingerprint density at radius 1 is 1.03 bits per heavy atom. The Labute approximate surface area is 196 Å². The van der Waals surface area contributed by atoms with Crippen LogP contribution in [-0.4, -0.2) is 48.6 Å². The summed E-state index contributed by atoms with van der Waals surface area (Å²) >= 11 is 0. The lowest BCUT2D eigenvalue weighted by atomic mass is 9.98. The number of ether oxygens (including phenoxy) is 1. The predicted molar refractivity (Wildman–Crippen MR) is 128 cm³/mol. The van der Waals surface area contributed by atoms with Gasteiger partial charge in [0.2, 0.25) is 11.8 Å². The highest BCUT2D eigenvalue weighted by Crippen LogP contribution is 2.29. The molecule has 1 aromatic heterocycles. The molecule has 2 aliphatic heterocycles. The van der Waals surface area contributed by atoms with E-state index in [-0.39, 0.29) is 30.1 Å². The molecule has 0 unspecified atom stereocenters. The van der Waals surface area contributed by atoms with E-state index in [9.17, 15) is 14.4 Å². The first-order chi connectivity index (χ1) is 16.4. The van der Waals surface area contributed by atoms with Gasteiger partial charge >= 0.3 is 0 Å². The monoisotopic (exact) mass is 462 g/mol. The topological polar surface area (TPSA) is 142 Å². The fourth-order valence-electron chi connectivity index (χ4n) is 4.10. The Balaban J connectivity index is 1.61. The molecule has 1 fully saturated rings. The number of aromatic nitrogens is 1. The Morgan fingerprint density at radius 3 is 2.32 bits per heavy atom. The van der Waals surface area contributed by atoms with Crippen molar-refractivity contribution in [3.63, 3.8) is 0 Å². The van der Waals surface area contributed by atoms with Gasteiger partial charge in [0.1, 0.15) is 11.4 Å². The van der Waals surface area contributed by atoms with Crippen LogP contribution in [0.5, 0.6) is 5.88 Å². The predicted octanol–water partition coefficient (Wildman–Crippen LogP) is 2.22. The molecule has 0 aliphatic carbocycles. The number of carbonyl (C=O) groups excluding carboxylic acids is 3. The molecule has 0 spiro atoms. The molecule has 10 heteroatoms. The third-order valence-electron chi connectivity index (χ3n) is 5.91. The van der Waals surface area contributed by atoms with Crippen LogP contribution in [0.2, 0.25) is 0 Å². The van der Waals surface area contributed by atoms with Crippen LogP contribution in [0.25, 0.3) is 0 Å². The third-order valence-corrected chi connectivity index (χ3v) is 5.91. The minimum atomic E-state index is -0.904. The largest absolute Gasteiger partial charge is 0.481 e. The van der Waals surface area contributed by atoms with Crippen molar-refractivity contribution < 1.29 is 19.1 Å². The van der Waals surface area contributed by atoms with Gasteiger partial charge in [-0.15, -0.1) is 0 Å². The van der Waals surface area contributed by atoms with Crippen molar-refractivity contribution in [2.24, 2.45) is 5.73 Å². The van der Waals surface area contributed by atoms with E-state index in [0.29, 0.717) is 30.2 Å². The van der Waals surface area contributed by atoms with Gasteiger partial charge in [0.15, 0.2) is 0 Å². The fraction of sp³-hybridized carbons (Fsp3) is 0.292. The number of amides is 3. The molecule has 3 amide bonds. The van der Waals surface area contributed by atoms with E-state index in [4.69, 9.17) is 15.9 Å². The van der Waals surface area contributed by atoms with Crippen molar-refractivity contribution in [3.05, 3.63) is 53.9 Å². The molecule has 2 aromatic rings. The van der Waals surface area contributed by atoms with Gasteiger partial charge in [0.25, 0.3) is 11.8 Å². The lowest BCUT2D eigenvalue weighted by Crippen LogP contribution is -2.42. The maximum Gasteiger partial charge on any atom is 0.275 e. The van der Waals surface area contributed by atoms with Gasteiger partial charge in [-0.25, -0.2) is 4.98 Å². The Hall–Kier alpha value is -4.21. The molecule has 4 rings (SSSR count). The molecule has 1 saturated heterocycles. The highest BCUT2D eigenvalue weighted by Gasteiger charge is 2.32. The smallest absolute Gasteiger partial charge is 0.275 e. The molecule has 4 N–H and O–H groups in total. The summed E-state index contributed by atoms with van der Waals surface area (Å²) in [4.78, 5) is 44.9. The zero-order valence-corrected chi connectivity index (χ0v) is 18.8. The summed E-state index contributed by atoms with van der Waals surface area (Å²) in [6.07, 6.45) is 4.18. The van der Waals surface area contributed by atoms with Crippen LogP contribution >= 0.6 is 0 Å². The van der Waals surface area contributed by atoms with Crippen LogP contribution in [0.1, 0.15) is 25.7 Å². The number of nitrogens with one attached hydrogen (secondary N) is 2. The summed E-state index contributed by atoms with van der Waals surface area (Å²) in [6.45, 7) is 0.962. The van der Waals surface area contributed by atoms with Gasteiger partial charge in [-0.05, 0) is 49.6 Å². The van der Waals surface area contributed by atoms with E-state index in [0.717, 1.165) is 18.5 Å². The summed E-state index contributed by atoms with van der Waals surface area (Å²) in [5, 5.41) is 11.1. The minimum absolute atomic E-state index is 0.0947. The average Bonchev–Trinajstić information content (AvgIpc) is 2.85. The standard InChI is InChI=1S/C24H26N6O4/c1-34-19-10-5-15(14-27-19)28-22-18(21(25)23(26)32)11-13-30(24(22)33)17-8-6-16(7-9-17)29-12-3-2-4-20(29)31/h5-10,14,25,28H,2-4,11-13H2,1H3,(H2,26,32). The molecule has 0 saturated carbocycles. The molecular weight excluding hydrogens is 436 g/mol. The fourth-order valence-corrected chi connectivity index (χ4v) is 4.10. The summed E-state index contributed by atoms with van der Waals surface area (Å²) < 4.78 is 5.06. The second kappa shape index (κ2) is 9.74. The molecule has 0 atom stereocenters. The number of hydrogen-bond donors (Lipinski definition) is 3. The zero-order chi connectivity index (χ0) is 24.2. The number of hydrogen-bond acceptors (Lipinski definition) is 7. The molecule has 34 heavy (non-hydrogen) atoms. The van der Waals surface area contributed by atoms with Crippen molar-refractivity contribution in [2.75, 3.05) is 35.3 Å². The number of benzene rings is 1. The Morgan fingerprint density at radius 2 is 1.74 bits per heavy atom. The Bertz CT molecular complexity index is 1160. The molecular formula is C24H26N6O4. The molecule has 0 bridgehead atoms. The van der Waals surface area contributed by atoms with E-state index in [1.165, 1.54) is 13.3 Å². The number of nitrogens with two attached hydrogens (primary N) is 1. The van der Waals surface area contributed by atoms with Gasteiger partial charge in [-0.1, -0.05) is 0 Å². The Kier molecular flexibility index (Phi) is 6.58. The van der Waals surface area contributed by atoms with Crippen LogP contribution in [-0.2, 0) is 14.4 Å². The van der Waals surface area contributed by atoms with Gasteiger partial charge in [-0.3, -0.25) is 19.8 Å². The number of anilines is 3. The molecule has 3 heterocycles. The number of pyridine rings is 1. The maximum absolute atomic E-state index is 13.5. The first-order valence-corrected chi connectivity index (χ1v) is 11.0. The summed E-state index contributed by atoms with van der Waals surface area (Å²) in [6, 6.07) is 10.6. The number of carbonyl (C=O) groups is 3. The normalized spacial score (nSPS) is 16.5. The second-order valence-electron chi connectivity index (χ2n) is 8.03. The average molecular weight is 463 g/mol. The summed E-state index contributed by atoms with van der Waals surface area (Å²) in [7, 11) is 1.50. The van der Waals surface area contributed by atoms with Crippen LogP contribution in [0.3, 0.4) is 0 Å². The van der Waals surface area contributed by atoms with Crippen LogP contribution < -0.4 is 25.6 Å². The first kappa shape index (κ1) is 23.0. The van der Waals surface area contributed by atoms with Crippen molar-refractivity contribution in [1.29, 1.82) is 5.41 Å². The minimum Gasteiger partial charge on any atom is -0.481 e. The number of nitrogens with zero attached hydrogens (tertiary/aromatic N) is 3. The molecule has 10 nitrogen and oxygen atoms in total. The molecule has 0 radical (unpaired) electrons. The van der Waals surface area contributed by atoms with Crippen LogP contribution in [0, 0.1) is 5.41 Å². The van der Waals surface area contributed by atoms with E-state index >= 15 is 0 Å².